The fraction of sp³-hybridized carbons (Fsp3) is 0.538. The highest BCUT2D eigenvalue weighted by Gasteiger charge is 2.36. The molecule has 0 saturated carbocycles. The van der Waals surface area contributed by atoms with E-state index in [9.17, 15) is 13.2 Å². The minimum absolute atomic E-state index is 0.0939. The lowest BCUT2D eigenvalue weighted by molar-refractivity contribution is -0.135. The molecule has 116 valence electrons. The Balaban J connectivity index is 2.24. The minimum atomic E-state index is -3.60. The van der Waals surface area contributed by atoms with Crippen molar-refractivity contribution < 1.29 is 13.2 Å². The number of sulfonamides is 1. The summed E-state index contributed by atoms with van der Waals surface area (Å²) in [4.78, 5) is 19.6. The quantitative estimate of drug-likeness (QED) is 0.750. The average Bonchev–Trinajstić information content (AvgIpc) is 2.47. The van der Waals surface area contributed by atoms with Gasteiger partial charge < -0.3 is 4.90 Å². The highest BCUT2D eigenvalue weighted by molar-refractivity contribution is 7.89. The van der Waals surface area contributed by atoms with E-state index < -0.39 is 16.1 Å². The SMILES string of the molecule is CN(C)C(=O)C1CN(S(=O)(=O)c2cccnc2)CCN1C. The third-order valence-electron chi connectivity index (χ3n) is 3.61. The van der Waals surface area contributed by atoms with Gasteiger partial charge in [-0.15, -0.1) is 0 Å². The molecule has 1 aliphatic rings. The summed E-state index contributed by atoms with van der Waals surface area (Å²) in [5, 5.41) is 0. The van der Waals surface area contributed by atoms with Gasteiger partial charge in [0.2, 0.25) is 15.9 Å². The van der Waals surface area contributed by atoms with E-state index in [1.807, 2.05) is 11.9 Å². The van der Waals surface area contributed by atoms with Gasteiger partial charge in [0.05, 0.1) is 0 Å². The van der Waals surface area contributed by atoms with Gasteiger partial charge in [0, 0.05) is 46.1 Å². The van der Waals surface area contributed by atoms with Crippen LogP contribution in [-0.2, 0) is 14.8 Å². The lowest BCUT2D eigenvalue weighted by atomic mass is 10.2. The Hall–Kier alpha value is -1.51. The van der Waals surface area contributed by atoms with Crippen molar-refractivity contribution in [2.24, 2.45) is 0 Å². The lowest BCUT2D eigenvalue weighted by Crippen LogP contribution is -2.58. The van der Waals surface area contributed by atoms with E-state index in [-0.39, 0.29) is 17.3 Å². The maximum atomic E-state index is 12.6. The largest absolute Gasteiger partial charge is 0.347 e. The van der Waals surface area contributed by atoms with Gasteiger partial charge in [0.25, 0.3) is 0 Å². The van der Waals surface area contributed by atoms with E-state index in [1.54, 1.807) is 20.2 Å². The fourth-order valence-electron chi connectivity index (χ4n) is 2.28. The van der Waals surface area contributed by atoms with E-state index in [4.69, 9.17) is 0 Å². The third kappa shape index (κ3) is 3.22. The smallest absolute Gasteiger partial charge is 0.244 e. The maximum absolute atomic E-state index is 12.6. The predicted octanol–water partition coefficient (Wildman–Crippen LogP) is -0.525. The topological polar surface area (TPSA) is 73.8 Å². The van der Waals surface area contributed by atoms with Crippen molar-refractivity contribution in [2.45, 2.75) is 10.9 Å². The first kappa shape index (κ1) is 15.9. The zero-order valence-electron chi connectivity index (χ0n) is 12.4. The molecule has 2 rings (SSSR count). The van der Waals surface area contributed by atoms with Crippen molar-refractivity contribution in [3.63, 3.8) is 0 Å². The number of pyridine rings is 1. The zero-order chi connectivity index (χ0) is 15.6. The number of hydrogen-bond donors (Lipinski definition) is 0. The van der Waals surface area contributed by atoms with Crippen LogP contribution in [-0.4, -0.2) is 80.2 Å². The molecular weight excluding hydrogens is 292 g/mol. The summed E-state index contributed by atoms with van der Waals surface area (Å²) in [6, 6.07) is 2.65. The van der Waals surface area contributed by atoms with Crippen molar-refractivity contribution in [1.82, 2.24) is 19.1 Å². The molecule has 1 aromatic rings. The number of aromatic nitrogens is 1. The van der Waals surface area contributed by atoms with Crippen LogP contribution in [0, 0.1) is 0 Å². The molecule has 1 aromatic heterocycles. The summed E-state index contributed by atoms with van der Waals surface area (Å²) >= 11 is 0. The molecule has 21 heavy (non-hydrogen) atoms. The number of piperazine rings is 1. The van der Waals surface area contributed by atoms with Crippen LogP contribution in [0.4, 0.5) is 0 Å². The second-order valence-electron chi connectivity index (χ2n) is 5.28. The van der Waals surface area contributed by atoms with Gasteiger partial charge >= 0.3 is 0 Å². The number of carbonyl (C=O) groups excluding carboxylic acids is 1. The molecule has 1 atom stereocenters. The van der Waals surface area contributed by atoms with Crippen molar-refractivity contribution in [2.75, 3.05) is 40.8 Å². The van der Waals surface area contributed by atoms with Crippen molar-refractivity contribution in [1.29, 1.82) is 0 Å². The van der Waals surface area contributed by atoms with E-state index in [2.05, 4.69) is 4.98 Å². The molecular formula is C13H20N4O3S. The second kappa shape index (κ2) is 6.08. The number of amides is 1. The van der Waals surface area contributed by atoms with Gasteiger partial charge in [-0.1, -0.05) is 0 Å². The Bertz CT molecular complexity index is 603. The number of rotatable bonds is 3. The second-order valence-corrected chi connectivity index (χ2v) is 7.22. The summed E-state index contributed by atoms with van der Waals surface area (Å²) in [5.41, 5.74) is 0. The summed E-state index contributed by atoms with van der Waals surface area (Å²) in [6.45, 7) is 1.04. The van der Waals surface area contributed by atoms with E-state index in [0.717, 1.165) is 0 Å². The molecule has 0 aliphatic carbocycles. The molecule has 0 bridgehead atoms. The molecule has 1 saturated heterocycles. The molecule has 0 aromatic carbocycles. The summed E-state index contributed by atoms with van der Waals surface area (Å²) in [6.07, 6.45) is 2.86. The van der Waals surface area contributed by atoms with Gasteiger partial charge in [0.15, 0.2) is 0 Å². The average molecular weight is 312 g/mol. The molecule has 8 heteroatoms. The Morgan fingerprint density at radius 1 is 1.38 bits per heavy atom. The monoisotopic (exact) mass is 312 g/mol. The normalized spacial score (nSPS) is 21.2. The van der Waals surface area contributed by atoms with Gasteiger partial charge in [-0.25, -0.2) is 8.42 Å². The van der Waals surface area contributed by atoms with Crippen LogP contribution in [0.25, 0.3) is 0 Å². The van der Waals surface area contributed by atoms with Crippen molar-refractivity contribution >= 4 is 15.9 Å². The summed E-state index contributed by atoms with van der Waals surface area (Å²) in [7, 11) is 1.57. The maximum Gasteiger partial charge on any atom is 0.244 e. The first-order chi connectivity index (χ1) is 9.84. The Kier molecular flexibility index (Phi) is 4.60. The van der Waals surface area contributed by atoms with Crippen LogP contribution in [0.2, 0.25) is 0 Å². The van der Waals surface area contributed by atoms with Gasteiger partial charge in [-0.3, -0.25) is 14.7 Å². The van der Waals surface area contributed by atoms with Crippen LogP contribution in [0.5, 0.6) is 0 Å². The molecule has 2 heterocycles. The van der Waals surface area contributed by atoms with Gasteiger partial charge in [-0.05, 0) is 19.2 Å². The lowest BCUT2D eigenvalue weighted by Gasteiger charge is -2.38. The molecule has 7 nitrogen and oxygen atoms in total. The Labute approximate surface area is 125 Å². The number of hydrogen-bond acceptors (Lipinski definition) is 5. The number of carbonyl (C=O) groups is 1. The van der Waals surface area contributed by atoms with Crippen molar-refractivity contribution in [3.05, 3.63) is 24.5 Å². The first-order valence-electron chi connectivity index (χ1n) is 6.65. The zero-order valence-corrected chi connectivity index (χ0v) is 13.2. The molecule has 1 amide bonds. The minimum Gasteiger partial charge on any atom is -0.347 e. The number of likely N-dealkylation sites (N-methyl/N-ethyl adjacent to an activating group) is 2. The third-order valence-corrected chi connectivity index (χ3v) is 5.46. The van der Waals surface area contributed by atoms with E-state index >= 15 is 0 Å². The van der Waals surface area contributed by atoms with Crippen LogP contribution in [0.3, 0.4) is 0 Å². The van der Waals surface area contributed by atoms with Gasteiger partial charge in [0.1, 0.15) is 10.9 Å². The van der Waals surface area contributed by atoms with Crippen molar-refractivity contribution in [3.8, 4) is 0 Å². The Morgan fingerprint density at radius 2 is 2.10 bits per heavy atom. The highest BCUT2D eigenvalue weighted by Crippen LogP contribution is 2.19. The van der Waals surface area contributed by atoms with Crippen LogP contribution in [0.1, 0.15) is 0 Å². The molecule has 0 N–H and O–H groups in total. The fourth-order valence-corrected chi connectivity index (χ4v) is 3.68. The molecule has 1 aliphatic heterocycles. The van der Waals surface area contributed by atoms with Gasteiger partial charge in [-0.2, -0.15) is 4.31 Å². The standard InChI is InChI=1S/C13H20N4O3S/c1-15(2)13(18)12-10-17(8-7-16(12)3)21(19,20)11-5-4-6-14-9-11/h4-6,9,12H,7-8,10H2,1-3H3. The number of nitrogens with zero attached hydrogens (tertiary/aromatic N) is 4. The highest BCUT2D eigenvalue weighted by atomic mass is 32.2. The molecule has 1 fully saturated rings. The molecule has 0 spiro atoms. The molecule has 0 radical (unpaired) electrons. The Morgan fingerprint density at radius 3 is 2.67 bits per heavy atom. The first-order valence-corrected chi connectivity index (χ1v) is 8.09. The van der Waals surface area contributed by atoms with E-state index in [0.29, 0.717) is 13.1 Å². The van der Waals surface area contributed by atoms with Crippen LogP contribution < -0.4 is 0 Å². The summed E-state index contributed by atoms with van der Waals surface area (Å²) < 4.78 is 26.5. The predicted molar refractivity (Wildman–Crippen MR) is 78.1 cm³/mol. The summed E-state index contributed by atoms with van der Waals surface area (Å²) in [5.74, 6) is -0.0939. The van der Waals surface area contributed by atoms with Crippen LogP contribution in [0.15, 0.2) is 29.4 Å². The molecule has 1 unspecified atom stereocenters. The van der Waals surface area contributed by atoms with Crippen LogP contribution >= 0.6 is 0 Å². The van der Waals surface area contributed by atoms with E-state index in [1.165, 1.54) is 27.7 Å².